The zero-order chi connectivity index (χ0) is 14.6. The van der Waals surface area contributed by atoms with Crippen molar-refractivity contribution in [2.75, 3.05) is 0 Å². The van der Waals surface area contributed by atoms with Gasteiger partial charge in [-0.3, -0.25) is 4.79 Å². The molecule has 1 unspecified atom stereocenters. The van der Waals surface area contributed by atoms with Crippen LogP contribution in [0.4, 0.5) is 0 Å². The monoisotopic (exact) mass is 258 g/mol. The van der Waals surface area contributed by atoms with E-state index in [1.54, 1.807) is 6.92 Å². The van der Waals surface area contributed by atoms with Crippen LogP contribution in [0, 0.1) is 12.8 Å². The second-order valence-electron chi connectivity index (χ2n) is 7.50. The summed E-state index contributed by atoms with van der Waals surface area (Å²) in [7, 11) is 0. The fraction of sp³-hybridized carbons (Fsp3) is 0.611. The summed E-state index contributed by atoms with van der Waals surface area (Å²) < 4.78 is 0. The number of benzene rings is 1. The van der Waals surface area contributed by atoms with E-state index in [2.05, 4.69) is 53.7 Å². The first kappa shape index (κ1) is 14.3. The molecule has 1 aromatic rings. The van der Waals surface area contributed by atoms with Crippen LogP contribution in [0.5, 0.6) is 0 Å². The molecular weight excluding hydrogens is 232 g/mol. The molecular formula is C18H26O. The number of carbonyl (C=O) groups excluding carboxylic acids is 1. The number of aryl methyl sites for hydroxylation is 1. The predicted octanol–water partition coefficient (Wildman–Crippen LogP) is 4.79. The molecule has 0 saturated heterocycles. The van der Waals surface area contributed by atoms with E-state index in [1.807, 2.05) is 0 Å². The van der Waals surface area contributed by atoms with Crippen molar-refractivity contribution >= 4 is 5.78 Å². The molecule has 1 aromatic carbocycles. The van der Waals surface area contributed by atoms with Crippen LogP contribution in [0.25, 0.3) is 0 Å². The lowest BCUT2D eigenvalue weighted by atomic mass is 9.57. The van der Waals surface area contributed by atoms with Gasteiger partial charge in [-0.2, -0.15) is 0 Å². The molecule has 1 aliphatic rings. The summed E-state index contributed by atoms with van der Waals surface area (Å²) in [4.78, 5) is 12.0. The minimum absolute atomic E-state index is 0.0823. The average Bonchev–Trinajstić information content (AvgIpc) is 2.25. The smallest absolute Gasteiger partial charge is 0.160 e. The lowest BCUT2D eigenvalue weighted by molar-refractivity contribution is 0.101. The third-order valence-corrected chi connectivity index (χ3v) is 5.08. The van der Waals surface area contributed by atoms with Gasteiger partial charge in [-0.05, 0) is 54.2 Å². The molecule has 1 aliphatic carbocycles. The first-order valence-electron chi connectivity index (χ1n) is 7.24. The molecule has 0 saturated carbocycles. The van der Waals surface area contributed by atoms with Crippen molar-refractivity contribution in [2.24, 2.45) is 5.92 Å². The fourth-order valence-corrected chi connectivity index (χ4v) is 3.69. The van der Waals surface area contributed by atoms with Gasteiger partial charge in [0.2, 0.25) is 0 Å². The fourth-order valence-electron chi connectivity index (χ4n) is 3.69. The van der Waals surface area contributed by atoms with Gasteiger partial charge in [-0.1, -0.05) is 46.2 Å². The number of rotatable bonds is 1. The van der Waals surface area contributed by atoms with Crippen molar-refractivity contribution in [3.8, 4) is 0 Å². The molecule has 0 spiro atoms. The maximum atomic E-state index is 12.0. The Hall–Kier alpha value is -1.11. The van der Waals surface area contributed by atoms with Crippen LogP contribution < -0.4 is 0 Å². The Morgan fingerprint density at radius 2 is 1.79 bits per heavy atom. The van der Waals surface area contributed by atoms with Gasteiger partial charge < -0.3 is 0 Å². The van der Waals surface area contributed by atoms with Gasteiger partial charge in [-0.25, -0.2) is 0 Å². The summed E-state index contributed by atoms with van der Waals surface area (Å²) in [5.74, 6) is 0.815. The number of carbonyl (C=O) groups is 1. The third-order valence-electron chi connectivity index (χ3n) is 5.08. The minimum Gasteiger partial charge on any atom is -0.295 e. The molecule has 0 radical (unpaired) electrons. The topological polar surface area (TPSA) is 17.1 Å². The zero-order valence-corrected chi connectivity index (χ0v) is 13.3. The first-order chi connectivity index (χ1) is 8.57. The van der Waals surface area contributed by atoms with E-state index in [4.69, 9.17) is 0 Å². The van der Waals surface area contributed by atoms with E-state index in [0.29, 0.717) is 5.92 Å². The minimum atomic E-state index is 0.0823. The molecule has 0 fully saturated rings. The standard InChI is InChI=1S/C18H26O/c1-11-8-14(13(3)19)16-15(9-11)18(6,7)12(2)10-17(16,4)5/h8-9,12H,10H2,1-7H3. The lowest BCUT2D eigenvalue weighted by Gasteiger charge is -2.47. The number of Topliss-reactive ketones (excluding diaryl/α,β-unsaturated/α-hetero) is 1. The molecule has 0 aromatic heterocycles. The van der Waals surface area contributed by atoms with Gasteiger partial charge in [0, 0.05) is 5.56 Å². The molecule has 19 heavy (non-hydrogen) atoms. The SMILES string of the molecule is CC(=O)c1cc(C)cc2c1C(C)(C)CC(C)C2(C)C. The van der Waals surface area contributed by atoms with E-state index < -0.39 is 0 Å². The summed E-state index contributed by atoms with van der Waals surface area (Å²) in [5, 5.41) is 0. The van der Waals surface area contributed by atoms with Gasteiger partial charge in [0.1, 0.15) is 0 Å². The quantitative estimate of drug-likeness (QED) is 0.662. The number of fused-ring (bicyclic) bond motifs is 1. The van der Waals surface area contributed by atoms with Crippen molar-refractivity contribution in [2.45, 2.75) is 65.7 Å². The Morgan fingerprint density at radius 3 is 2.32 bits per heavy atom. The highest BCUT2D eigenvalue weighted by Crippen LogP contribution is 2.50. The van der Waals surface area contributed by atoms with Gasteiger partial charge in [0.05, 0.1) is 0 Å². The highest BCUT2D eigenvalue weighted by molar-refractivity contribution is 5.96. The van der Waals surface area contributed by atoms with Crippen molar-refractivity contribution in [3.05, 3.63) is 34.4 Å². The van der Waals surface area contributed by atoms with E-state index in [1.165, 1.54) is 16.7 Å². The highest BCUT2D eigenvalue weighted by Gasteiger charge is 2.43. The molecule has 2 rings (SSSR count). The average molecular weight is 258 g/mol. The molecule has 104 valence electrons. The van der Waals surface area contributed by atoms with Crippen LogP contribution in [0.2, 0.25) is 0 Å². The van der Waals surface area contributed by atoms with Crippen LogP contribution in [0.3, 0.4) is 0 Å². The van der Waals surface area contributed by atoms with E-state index in [-0.39, 0.29) is 16.6 Å². The molecule has 0 aliphatic heterocycles. The molecule has 0 heterocycles. The van der Waals surface area contributed by atoms with E-state index in [0.717, 1.165) is 12.0 Å². The van der Waals surface area contributed by atoms with Crippen molar-refractivity contribution in [3.63, 3.8) is 0 Å². The zero-order valence-electron chi connectivity index (χ0n) is 13.3. The first-order valence-corrected chi connectivity index (χ1v) is 7.24. The predicted molar refractivity (Wildman–Crippen MR) is 81.0 cm³/mol. The van der Waals surface area contributed by atoms with Crippen molar-refractivity contribution in [1.29, 1.82) is 0 Å². The van der Waals surface area contributed by atoms with Gasteiger partial charge in [0.25, 0.3) is 0 Å². The largest absolute Gasteiger partial charge is 0.295 e. The lowest BCUT2D eigenvalue weighted by Crippen LogP contribution is -2.41. The summed E-state index contributed by atoms with van der Waals surface area (Å²) in [6.45, 7) is 15.3. The highest BCUT2D eigenvalue weighted by atomic mass is 16.1. The summed E-state index contributed by atoms with van der Waals surface area (Å²) >= 11 is 0. The Kier molecular flexibility index (Phi) is 3.16. The van der Waals surface area contributed by atoms with Crippen LogP contribution in [0.1, 0.15) is 75.0 Å². The molecule has 0 amide bonds. The van der Waals surface area contributed by atoms with Gasteiger partial charge in [-0.15, -0.1) is 0 Å². The molecule has 1 atom stereocenters. The third kappa shape index (κ3) is 2.13. The molecule has 0 bridgehead atoms. The Labute approximate surface area is 117 Å². The van der Waals surface area contributed by atoms with Crippen LogP contribution in [-0.4, -0.2) is 5.78 Å². The molecule has 1 nitrogen and oxygen atoms in total. The Bertz CT molecular complexity index is 535. The van der Waals surface area contributed by atoms with Crippen molar-refractivity contribution in [1.82, 2.24) is 0 Å². The maximum absolute atomic E-state index is 12.0. The van der Waals surface area contributed by atoms with Crippen LogP contribution in [0.15, 0.2) is 12.1 Å². The van der Waals surface area contributed by atoms with E-state index >= 15 is 0 Å². The molecule has 0 N–H and O–H groups in total. The normalized spacial score (nSPS) is 23.8. The second-order valence-corrected chi connectivity index (χ2v) is 7.50. The number of hydrogen-bond acceptors (Lipinski definition) is 1. The summed E-state index contributed by atoms with van der Waals surface area (Å²) in [6, 6.07) is 4.36. The van der Waals surface area contributed by atoms with E-state index in [9.17, 15) is 4.79 Å². The summed E-state index contributed by atoms with van der Waals surface area (Å²) in [5.41, 5.74) is 5.01. The number of hydrogen-bond donors (Lipinski definition) is 0. The van der Waals surface area contributed by atoms with Crippen LogP contribution >= 0.6 is 0 Å². The van der Waals surface area contributed by atoms with Crippen molar-refractivity contribution < 1.29 is 4.79 Å². The van der Waals surface area contributed by atoms with Gasteiger partial charge in [0.15, 0.2) is 5.78 Å². The Balaban J connectivity index is 2.85. The van der Waals surface area contributed by atoms with Crippen LogP contribution in [-0.2, 0) is 10.8 Å². The summed E-state index contributed by atoms with van der Waals surface area (Å²) in [6.07, 6.45) is 1.14. The number of ketones is 1. The molecule has 1 heteroatoms. The second kappa shape index (κ2) is 4.19. The Morgan fingerprint density at radius 1 is 1.21 bits per heavy atom. The van der Waals surface area contributed by atoms with Gasteiger partial charge >= 0.3 is 0 Å². The maximum Gasteiger partial charge on any atom is 0.160 e.